The Hall–Kier alpha value is -7.76. The molecule has 96 heavy (non-hydrogen) atoms. The van der Waals surface area contributed by atoms with Gasteiger partial charge in [0.1, 0.15) is 58.4 Å². The molecule has 546 valence electrons. The van der Waals surface area contributed by atoms with Crippen molar-refractivity contribution in [3.63, 3.8) is 0 Å². The first-order valence-electron chi connectivity index (χ1n) is 33.7. The van der Waals surface area contributed by atoms with Crippen molar-refractivity contribution in [2.24, 2.45) is 35.0 Å². The molecule has 1 aliphatic rings. The summed E-state index contributed by atoms with van der Waals surface area (Å²) in [6.07, 6.45) is 7.69. The first kappa shape index (κ1) is 86.3. The Morgan fingerprint density at radius 3 is 1.48 bits per heavy atom. The van der Waals surface area contributed by atoms with E-state index in [0.29, 0.717) is 19.3 Å². The summed E-state index contributed by atoms with van der Waals surface area (Å²) in [5.41, 5.74) is 9.09. The first-order valence-corrected chi connectivity index (χ1v) is 33.7. The second kappa shape index (κ2) is 40.7. The second-order valence-corrected chi connectivity index (χ2v) is 28.1. The van der Waals surface area contributed by atoms with Crippen molar-refractivity contribution in [2.45, 2.75) is 290 Å². The Morgan fingerprint density at radius 2 is 1.00 bits per heavy atom. The van der Waals surface area contributed by atoms with E-state index >= 15 is 0 Å². The lowest BCUT2D eigenvalue weighted by atomic mass is 9.92. The van der Waals surface area contributed by atoms with E-state index in [0.717, 1.165) is 38.5 Å². The summed E-state index contributed by atoms with van der Waals surface area (Å²) in [7, 11) is 0. The number of nitrogens with one attached hydrogen (secondary N) is 10. The van der Waals surface area contributed by atoms with E-state index in [1.54, 1.807) is 53.7 Å². The number of rotatable bonds is 45. The molecule has 1 heterocycles. The molecule has 0 radical (unpaired) electrons. The maximum atomic E-state index is 14.5. The highest BCUT2D eigenvalue weighted by Crippen LogP contribution is 2.24. The summed E-state index contributed by atoms with van der Waals surface area (Å²) in [6.45, 7) is 23.0. The Balaban J connectivity index is 3.47. The van der Waals surface area contributed by atoms with Crippen LogP contribution in [0.4, 0.5) is 0 Å². The van der Waals surface area contributed by atoms with Crippen LogP contribution in [-0.2, 0) is 67.1 Å². The van der Waals surface area contributed by atoms with Gasteiger partial charge in [0, 0.05) is 32.2 Å². The zero-order chi connectivity index (χ0) is 73.6. The van der Waals surface area contributed by atoms with Crippen LogP contribution in [0.5, 0.6) is 0 Å². The van der Waals surface area contributed by atoms with Crippen molar-refractivity contribution >= 4 is 82.7 Å². The van der Waals surface area contributed by atoms with E-state index in [4.69, 9.17) is 17.2 Å². The molecule has 0 saturated carbocycles. The normalized spacial score (nSPS) is 16.1. The first-order chi connectivity index (χ1) is 44.5. The number of aliphatic hydroxyl groups is 2. The van der Waals surface area contributed by atoms with Crippen LogP contribution >= 0.6 is 0 Å². The van der Waals surface area contributed by atoms with E-state index in [1.807, 2.05) is 13.8 Å². The van der Waals surface area contributed by atoms with E-state index in [9.17, 15) is 77.3 Å². The Bertz CT molecular complexity index is 2720. The number of unbranched alkanes of at least 4 members (excludes halogenated alkanes) is 6. The number of allylic oxidation sites excluding steroid dienone is 2. The van der Waals surface area contributed by atoms with E-state index in [-0.39, 0.29) is 57.1 Å². The summed E-state index contributed by atoms with van der Waals surface area (Å²) in [4.78, 5) is 191. The maximum Gasteiger partial charge on any atom is 0.248 e. The average molecular weight is 1360 g/mol. The highest BCUT2D eigenvalue weighted by Gasteiger charge is 2.46. The largest absolute Gasteiger partial charge is 0.394 e. The van der Waals surface area contributed by atoms with Gasteiger partial charge in [-0.1, -0.05) is 92.2 Å². The van der Waals surface area contributed by atoms with Gasteiger partial charge >= 0.3 is 0 Å². The highest BCUT2D eigenvalue weighted by molar-refractivity contribution is 6.01. The molecule has 0 bridgehead atoms. The van der Waals surface area contributed by atoms with Crippen molar-refractivity contribution in [1.82, 2.24) is 58.1 Å². The lowest BCUT2D eigenvalue weighted by Crippen LogP contribution is -2.66. The number of primary amides is 3. The monoisotopic (exact) mass is 1360 g/mol. The number of amides is 14. The smallest absolute Gasteiger partial charge is 0.248 e. The van der Waals surface area contributed by atoms with Gasteiger partial charge in [-0.05, 0) is 131 Å². The number of aliphatic hydroxyl groups excluding tert-OH is 2. The predicted molar refractivity (Wildman–Crippen MR) is 359 cm³/mol. The van der Waals surface area contributed by atoms with E-state index in [1.165, 1.54) is 46.4 Å². The van der Waals surface area contributed by atoms with Crippen molar-refractivity contribution < 1.29 is 77.3 Å². The van der Waals surface area contributed by atoms with Gasteiger partial charge in [-0.15, -0.1) is 0 Å². The molecule has 18 N–H and O–H groups in total. The van der Waals surface area contributed by atoms with Gasteiger partial charge in [0.15, 0.2) is 0 Å². The number of nitrogens with zero attached hydrogens (tertiary/aromatic N) is 1. The SMILES string of the molecule is C/C=C/C[C@@H](C)[C@@H](O)[C@H](NC(=O)[C@@H]1CCCN1C(=O)C(C)(C)NC(=O)CCCCCCCCC)C(=O)NC(C)(C)C(=O)N[C@@H](CCC(N)=O)C(=O)N[C@@H](CCC(N)=O)C(=O)NC(C)(C)C(=O)NC(C)(C)C(=O)N[C@@H](CCC(N)=O)C(=O)N[C@H](C(=O)N[C@H](CO)CC(C)C)C(C)C. The number of carbonyl (C=O) groups excluding carboxylic acids is 14. The maximum absolute atomic E-state index is 14.5. The lowest BCUT2D eigenvalue weighted by molar-refractivity contribution is -0.146. The summed E-state index contributed by atoms with van der Waals surface area (Å²) in [6, 6.07) is -9.48. The van der Waals surface area contributed by atoms with Crippen LogP contribution < -0.4 is 70.4 Å². The van der Waals surface area contributed by atoms with Crippen LogP contribution in [-0.4, -0.2) is 182 Å². The number of hydrogen-bond donors (Lipinski definition) is 15. The van der Waals surface area contributed by atoms with Crippen LogP contribution in [0.1, 0.15) is 219 Å². The third kappa shape index (κ3) is 30.1. The molecule has 9 atom stereocenters. The van der Waals surface area contributed by atoms with Crippen LogP contribution in [0.15, 0.2) is 12.2 Å². The summed E-state index contributed by atoms with van der Waals surface area (Å²) >= 11 is 0. The quantitative estimate of drug-likeness (QED) is 0.0283. The lowest BCUT2D eigenvalue weighted by Gasteiger charge is -2.35. The third-order valence-electron chi connectivity index (χ3n) is 16.5. The fraction of sp³-hybridized carbons (Fsp3) is 0.758. The molecular formula is C66H116N14O16. The van der Waals surface area contributed by atoms with Crippen molar-refractivity contribution in [3.05, 3.63) is 12.2 Å². The van der Waals surface area contributed by atoms with E-state index < -0.39 is 185 Å². The molecule has 0 aliphatic carbocycles. The highest BCUT2D eigenvalue weighted by atomic mass is 16.3. The minimum absolute atomic E-state index is 0.114. The Kier molecular flexibility index (Phi) is 36.6. The number of carbonyl (C=O) groups is 14. The molecule has 30 nitrogen and oxygen atoms in total. The van der Waals surface area contributed by atoms with Crippen LogP contribution in [0.3, 0.4) is 0 Å². The molecule has 1 rings (SSSR count). The number of likely N-dealkylation sites (tertiary alicyclic amines) is 1. The van der Waals surface area contributed by atoms with E-state index in [2.05, 4.69) is 60.1 Å². The Morgan fingerprint density at radius 1 is 0.531 bits per heavy atom. The topological polar surface area (TPSA) is 481 Å². The standard InChI is InChI=1S/C66H116N14O16/c1-16-18-20-21-22-23-24-28-49(85)76-66(14,15)62(96)80-35-25-27-45(80)56(90)75-51(52(86)40(7)26-19-17-2)58(92)78-63(8,9)59(93)72-42(29-32-46(67)82)53(87)71-44(31-34-48(69)84)55(89)77-65(12,13)61(95)79-64(10,11)60(94)73-43(30-33-47(68)83)54(88)74-50(39(5)6)57(91)70-41(37-81)36-38(3)4/h17,19,38-45,50-52,81,86H,16,18,20-37H2,1-15H3,(H2,67,82)(H2,68,83)(H2,69,84)(H,70,91)(H,71,87)(H,72,93)(H,73,94)(H,74,88)(H,75,90)(H,76,85)(H,77,89)(H,78,92)(H,79,95)/b19-17+/t40-,41+,42+,43+,44+,45+,50+,51+,52-/m1/s1. The van der Waals surface area contributed by atoms with Gasteiger partial charge in [-0.2, -0.15) is 0 Å². The molecule has 0 aromatic heterocycles. The predicted octanol–water partition coefficient (Wildman–Crippen LogP) is 0.0602. The molecule has 1 fully saturated rings. The zero-order valence-corrected chi connectivity index (χ0v) is 59.4. The summed E-state index contributed by atoms with van der Waals surface area (Å²) in [5, 5.41) is 47.3. The van der Waals surface area contributed by atoms with Gasteiger partial charge in [-0.3, -0.25) is 67.1 Å². The van der Waals surface area contributed by atoms with Crippen LogP contribution in [0.2, 0.25) is 0 Å². The molecule has 30 heteroatoms. The fourth-order valence-electron chi connectivity index (χ4n) is 10.6. The van der Waals surface area contributed by atoms with Gasteiger partial charge in [-0.25, -0.2) is 0 Å². The molecular weight excluding hydrogens is 1240 g/mol. The van der Waals surface area contributed by atoms with Crippen molar-refractivity contribution in [3.8, 4) is 0 Å². The number of nitrogens with two attached hydrogens (primary N) is 3. The van der Waals surface area contributed by atoms with Crippen molar-refractivity contribution in [2.75, 3.05) is 13.2 Å². The fourth-order valence-corrected chi connectivity index (χ4v) is 10.6. The molecule has 0 aromatic rings. The van der Waals surface area contributed by atoms with Gasteiger partial charge in [0.05, 0.1) is 18.8 Å². The molecule has 1 saturated heterocycles. The zero-order valence-electron chi connectivity index (χ0n) is 59.4. The molecule has 0 aromatic carbocycles. The molecule has 14 amide bonds. The van der Waals surface area contributed by atoms with Crippen LogP contribution in [0.25, 0.3) is 0 Å². The molecule has 1 aliphatic heterocycles. The van der Waals surface area contributed by atoms with Crippen LogP contribution in [0, 0.1) is 17.8 Å². The summed E-state index contributed by atoms with van der Waals surface area (Å²) in [5.74, 6) is -13.0. The Labute approximate surface area is 566 Å². The van der Waals surface area contributed by atoms with Gasteiger partial charge in [0.2, 0.25) is 82.7 Å². The van der Waals surface area contributed by atoms with Crippen molar-refractivity contribution in [1.29, 1.82) is 0 Å². The average Bonchev–Trinajstić information content (AvgIpc) is 1.41. The third-order valence-corrected chi connectivity index (χ3v) is 16.5. The summed E-state index contributed by atoms with van der Waals surface area (Å²) < 4.78 is 0. The minimum Gasteiger partial charge on any atom is -0.394 e. The molecule has 0 unspecified atom stereocenters. The molecule has 0 spiro atoms. The minimum atomic E-state index is -1.99. The number of hydrogen-bond acceptors (Lipinski definition) is 16. The van der Waals surface area contributed by atoms with Gasteiger partial charge in [0.25, 0.3) is 0 Å². The van der Waals surface area contributed by atoms with Gasteiger partial charge < -0.3 is 85.5 Å². The second-order valence-electron chi connectivity index (χ2n) is 28.1.